The van der Waals surface area contributed by atoms with E-state index in [1.54, 1.807) is 18.2 Å². The van der Waals surface area contributed by atoms with Gasteiger partial charge in [0.2, 0.25) is 0 Å². The largest absolute Gasteiger partial charge is 0.365 e. The predicted octanol–water partition coefficient (Wildman–Crippen LogP) is 4.96. The number of rotatable bonds is 5. The average Bonchev–Trinajstić information content (AvgIpc) is 2.64. The molecule has 0 saturated heterocycles. The van der Waals surface area contributed by atoms with Crippen molar-refractivity contribution in [1.82, 2.24) is 9.97 Å². The number of aromatic nitrogens is 2. The lowest BCUT2D eigenvalue weighted by molar-refractivity contribution is 0.102. The van der Waals surface area contributed by atoms with E-state index in [1.165, 1.54) is 23.5 Å². The van der Waals surface area contributed by atoms with Gasteiger partial charge in [0.1, 0.15) is 11.5 Å². The molecule has 1 aromatic heterocycles. The summed E-state index contributed by atoms with van der Waals surface area (Å²) in [5.41, 5.74) is 3.03. The molecule has 132 valence electrons. The van der Waals surface area contributed by atoms with Crippen molar-refractivity contribution in [1.29, 1.82) is 0 Å². The first-order valence-corrected chi connectivity index (χ1v) is 8.65. The van der Waals surface area contributed by atoms with Gasteiger partial charge in [0.25, 0.3) is 5.91 Å². The van der Waals surface area contributed by atoms with E-state index in [1.807, 2.05) is 18.2 Å². The molecule has 0 unspecified atom stereocenters. The minimum atomic E-state index is -0.396. The number of carbonyl (C=O) groups is 1. The maximum Gasteiger partial charge on any atom is 0.275 e. The summed E-state index contributed by atoms with van der Waals surface area (Å²) in [5.74, 6) is 0.196. The minimum absolute atomic E-state index is 0.192. The molecule has 26 heavy (non-hydrogen) atoms. The number of carbonyl (C=O) groups excluding carboxylic acids is 1. The van der Waals surface area contributed by atoms with Crippen LogP contribution >= 0.6 is 23.2 Å². The zero-order valence-electron chi connectivity index (χ0n) is 14.0. The summed E-state index contributed by atoms with van der Waals surface area (Å²) in [6.07, 6.45) is 2.94. The number of amides is 1. The van der Waals surface area contributed by atoms with Crippen molar-refractivity contribution in [3.8, 4) is 0 Å². The molecule has 2 aromatic carbocycles. The van der Waals surface area contributed by atoms with Gasteiger partial charge in [-0.25, -0.2) is 9.97 Å². The third kappa shape index (κ3) is 4.50. The second-order valence-electron chi connectivity index (χ2n) is 5.65. The Morgan fingerprint density at radius 1 is 1.08 bits per heavy atom. The highest BCUT2D eigenvalue weighted by atomic mass is 35.5. The molecular weight excluding hydrogens is 371 g/mol. The highest BCUT2D eigenvalue weighted by molar-refractivity contribution is 6.36. The molecule has 3 aromatic rings. The Labute approximate surface area is 161 Å². The number of benzene rings is 2. The number of nitrogens with zero attached hydrogens (tertiary/aromatic N) is 2. The summed E-state index contributed by atoms with van der Waals surface area (Å²) in [6.45, 7) is 2.69. The first kappa shape index (κ1) is 18.2. The van der Waals surface area contributed by atoms with Gasteiger partial charge in [0.05, 0.1) is 23.1 Å². The SMILES string of the molecule is Cc1ccccc1CNc1cnc(C(=O)Nc2ccc(Cl)cc2Cl)cn1. The first-order chi connectivity index (χ1) is 12.5. The number of hydrogen-bond acceptors (Lipinski definition) is 4. The molecule has 5 nitrogen and oxygen atoms in total. The monoisotopic (exact) mass is 386 g/mol. The summed E-state index contributed by atoms with van der Waals surface area (Å²) >= 11 is 11.9. The molecule has 0 aliphatic rings. The van der Waals surface area contributed by atoms with Crippen LogP contribution in [0.4, 0.5) is 11.5 Å². The van der Waals surface area contributed by atoms with E-state index in [4.69, 9.17) is 23.2 Å². The summed E-state index contributed by atoms with van der Waals surface area (Å²) < 4.78 is 0. The fourth-order valence-electron chi connectivity index (χ4n) is 2.31. The quantitative estimate of drug-likeness (QED) is 0.650. The first-order valence-electron chi connectivity index (χ1n) is 7.90. The van der Waals surface area contributed by atoms with Gasteiger partial charge in [0, 0.05) is 11.6 Å². The molecule has 1 amide bonds. The molecule has 2 N–H and O–H groups in total. The number of anilines is 2. The van der Waals surface area contributed by atoms with Gasteiger partial charge in [-0.1, -0.05) is 47.5 Å². The fourth-order valence-corrected chi connectivity index (χ4v) is 2.76. The van der Waals surface area contributed by atoms with Crippen LogP contribution in [0.25, 0.3) is 0 Å². The van der Waals surface area contributed by atoms with Gasteiger partial charge < -0.3 is 10.6 Å². The molecule has 0 aliphatic carbocycles. The fraction of sp³-hybridized carbons (Fsp3) is 0.105. The second-order valence-corrected chi connectivity index (χ2v) is 6.49. The summed E-state index contributed by atoms with van der Waals surface area (Å²) in [7, 11) is 0. The van der Waals surface area contributed by atoms with Gasteiger partial charge in [-0.05, 0) is 36.2 Å². The van der Waals surface area contributed by atoms with Crippen LogP contribution in [-0.2, 0) is 6.54 Å². The Morgan fingerprint density at radius 2 is 1.88 bits per heavy atom. The van der Waals surface area contributed by atoms with Crippen LogP contribution in [-0.4, -0.2) is 15.9 Å². The number of hydrogen-bond donors (Lipinski definition) is 2. The molecule has 0 atom stereocenters. The predicted molar refractivity (Wildman–Crippen MR) is 105 cm³/mol. The third-order valence-electron chi connectivity index (χ3n) is 3.79. The Morgan fingerprint density at radius 3 is 2.58 bits per heavy atom. The number of halogens is 2. The highest BCUT2D eigenvalue weighted by Crippen LogP contribution is 2.25. The van der Waals surface area contributed by atoms with Crippen molar-refractivity contribution in [2.45, 2.75) is 13.5 Å². The molecule has 0 aliphatic heterocycles. The van der Waals surface area contributed by atoms with E-state index in [9.17, 15) is 4.79 Å². The van der Waals surface area contributed by atoms with Crippen molar-refractivity contribution in [2.75, 3.05) is 10.6 Å². The molecule has 3 rings (SSSR count). The molecule has 7 heteroatoms. The van der Waals surface area contributed by atoms with Gasteiger partial charge >= 0.3 is 0 Å². The van der Waals surface area contributed by atoms with E-state index in [2.05, 4.69) is 33.6 Å². The summed E-state index contributed by atoms with van der Waals surface area (Å²) in [6, 6.07) is 12.9. The van der Waals surface area contributed by atoms with Crippen LogP contribution in [0.5, 0.6) is 0 Å². The van der Waals surface area contributed by atoms with E-state index >= 15 is 0 Å². The van der Waals surface area contributed by atoms with Crippen molar-refractivity contribution in [3.05, 3.63) is 81.7 Å². The van der Waals surface area contributed by atoms with Crippen LogP contribution in [0, 0.1) is 6.92 Å². The normalized spacial score (nSPS) is 10.4. The maximum atomic E-state index is 12.3. The summed E-state index contributed by atoms with van der Waals surface area (Å²) in [5, 5.41) is 6.73. The third-order valence-corrected chi connectivity index (χ3v) is 4.33. The minimum Gasteiger partial charge on any atom is -0.365 e. The van der Waals surface area contributed by atoms with E-state index < -0.39 is 5.91 Å². The Bertz CT molecular complexity index is 929. The Kier molecular flexibility index (Phi) is 5.71. The van der Waals surface area contributed by atoms with Gasteiger partial charge in [0.15, 0.2) is 0 Å². The van der Waals surface area contributed by atoms with Crippen molar-refractivity contribution < 1.29 is 4.79 Å². The van der Waals surface area contributed by atoms with Crippen molar-refractivity contribution in [2.24, 2.45) is 0 Å². The van der Waals surface area contributed by atoms with Crippen molar-refractivity contribution in [3.63, 3.8) is 0 Å². The Balaban J connectivity index is 1.63. The lowest BCUT2D eigenvalue weighted by atomic mass is 10.1. The lowest BCUT2D eigenvalue weighted by Crippen LogP contribution is -2.15. The molecule has 0 saturated carbocycles. The smallest absolute Gasteiger partial charge is 0.275 e. The molecule has 0 fully saturated rings. The second kappa shape index (κ2) is 8.17. The highest BCUT2D eigenvalue weighted by Gasteiger charge is 2.11. The average molecular weight is 387 g/mol. The zero-order valence-corrected chi connectivity index (χ0v) is 15.5. The van der Waals surface area contributed by atoms with Crippen LogP contribution in [0.15, 0.2) is 54.9 Å². The van der Waals surface area contributed by atoms with Crippen molar-refractivity contribution >= 4 is 40.6 Å². The van der Waals surface area contributed by atoms with Crippen LogP contribution in [0.2, 0.25) is 10.0 Å². The standard InChI is InChI=1S/C19H16Cl2N4O/c1-12-4-2-3-5-13(12)9-23-18-11-22-17(10-24-18)19(26)25-16-7-6-14(20)8-15(16)21/h2-8,10-11H,9H2,1H3,(H,23,24)(H,25,26). The topological polar surface area (TPSA) is 66.9 Å². The van der Waals surface area contributed by atoms with E-state index in [0.29, 0.717) is 28.1 Å². The Hall–Kier alpha value is -2.63. The molecule has 1 heterocycles. The van der Waals surface area contributed by atoms with Crippen LogP contribution in [0.3, 0.4) is 0 Å². The lowest BCUT2D eigenvalue weighted by Gasteiger charge is -2.09. The molecule has 0 bridgehead atoms. The van der Waals surface area contributed by atoms with Gasteiger partial charge in [-0.2, -0.15) is 0 Å². The molecule has 0 spiro atoms. The van der Waals surface area contributed by atoms with Crippen LogP contribution in [0.1, 0.15) is 21.6 Å². The zero-order chi connectivity index (χ0) is 18.5. The van der Waals surface area contributed by atoms with Crippen LogP contribution < -0.4 is 10.6 Å². The molecule has 0 radical (unpaired) electrons. The van der Waals surface area contributed by atoms with E-state index in [-0.39, 0.29) is 5.69 Å². The van der Waals surface area contributed by atoms with E-state index in [0.717, 1.165) is 0 Å². The maximum absolute atomic E-state index is 12.3. The van der Waals surface area contributed by atoms with Gasteiger partial charge in [-0.3, -0.25) is 4.79 Å². The number of nitrogens with one attached hydrogen (secondary N) is 2. The molecular formula is C19H16Cl2N4O. The summed E-state index contributed by atoms with van der Waals surface area (Å²) in [4.78, 5) is 20.6. The number of aryl methyl sites for hydroxylation is 1. The van der Waals surface area contributed by atoms with Gasteiger partial charge in [-0.15, -0.1) is 0 Å².